The van der Waals surface area contributed by atoms with Crippen LogP contribution in [0.3, 0.4) is 0 Å². The van der Waals surface area contributed by atoms with Gasteiger partial charge in [-0.1, -0.05) is 0 Å². The minimum absolute atomic E-state index is 0. The van der Waals surface area contributed by atoms with Gasteiger partial charge in [0.25, 0.3) is 0 Å². The van der Waals surface area contributed by atoms with Crippen molar-refractivity contribution in [2.45, 2.75) is 51.9 Å². The molecule has 2 aliphatic rings. The summed E-state index contributed by atoms with van der Waals surface area (Å²) >= 11 is 4.14. The van der Waals surface area contributed by atoms with Crippen LogP contribution in [0, 0.1) is 5.41 Å². The predicted molar refractivity (Wildman–Crippen MR) is 88.6 cm³/mol. The summed E-state index contributed by atoms with van der Waals surface area (Å²) in [5.74, 6) is 0. The molecule has 0 saturated carbocycles. The molecule has 2 rings (SSSR count). The van der Waals surface area contributed by atoms with E-state index in [2.05, 4.69) is 78.5 Å². The predicted octanol–water partition coefficient (Wildman–Crippen LogP) is -0.499. The van der Waals surface area contributed by atoms with Crippen LogP contribution in [0.25, 0.3) is 0 Å². The summed E-state index contributed by atoms with van der Waals surface area (Å²) in [4.78, 5) is 1.14. The summed E-state index contributed by atoms with van der Waals surface area (Å²) in [5.41, 5.74) is 1.51. The van der Waals surface area contributed by atoms with Gasteiger partial charge in [-0.05, 0) is 0 Å². The maximum Gasteiger partial charge on any atom is -1.00 e. The maximum atomic E-state index is 6.44. The summed E-state index contributed by atoms with van der Waals surface area (Å²) < 4.78 is 7.90. The third kappa shape index (κ3) is 5.80. The van der Waals surface area contributed by atoms with Crippen LogP contribution in [0.1, 0.15) is 47.0 Å². The van der Waals surface area contributed by atoms with E-state index in [0.29, 0.717) is 0 Å². The van der Waals surface area contributed by atoms with Crippen molar-refractivity contribution in [3.05, 3.63) is 44.7 Å². The Hall–Kier alpha value is 0.564. The number of thioether (sulfide) groups is 1. The maximum absolute atomic E-state index is 6.44. The van der Waals surface area contributed by atoms with Crippen molar-refractivity contribution in [2.24, 2.45) is 5.41 Å². The van der Waals surface area contributed by atoms with Gasteiger partial charge in [-0.15, -0.1) is 0 Å². The third-order valence-electron chi connectivity index (χ3n) is 3.71. The molecule has 0 spiro atoms. The van der Waals surface area contributed by atoms with Crippen LogP contribution in [0.5, 0.6) is 0 Å². The molecular formula is C18H25Cl2OSTi. The SMILES string of the molecule is CCCOC1(SC2=[C]([Ti+2])CC=C2)CC=CC=C1C(C)(C)C.[Cl-].[Cl-]. The van der Waals surface area contributed by atoms with Gasteiger partial charge in [-0.2, -0.15) is 0 Å². The van der Waals surface area contributed by atoms with Gasteiger partial charge in [-0.25, -0.2) is 0 Å². The van der Waals surface area contributed by atoms with Gasteiger partial charge in [0.2, 0.25) is 0 Å². The minimum Gasteiger partial charge on any atom is -1.00 e. The van der Waals surface area contributed by atoms with E-state index in [4.69, 9.17) is 4.74 Å². The normalized spacial score (nSPS) is 23.5. The first kappa shape index (κ1) is 23.6. The second-order valence-corrected chi connectivity index (χ2v) is 8.86. The second kappa shape index (κ2) is 9.89. The van der Waals surface area contributed by atoms with E-state index in [1.807, 2.05) is 11.8 Å². The van der Waals surface area contributed by atoms with Crippen LogP contribution >= 0.6 is 11.8 Å². The fourth-order valence-corrected chi connectivity index (χ4v) is 4.82. The smallest absolute Gasteiger partial charge is 1.00 e. The molecule has 0 bridgehead atoms. The Balaban J connectivity index is 0.00000242. The number of hydrogen-bond donors (Lipinski definition) is 0. The van der Waals surface area contributed by atoms with Crippen molar-refractivity contribution in [2.75, 3.05) is 6.61 Å². The van der Waals surface area contributed by atoms with E-state index in [0.717, 1.165) is 25.9 Å². The fourth-order valence-electron chi connectivity index (χ4n) is 2.73. The van der Waals surface area contributed by atoms with Crippen LogP contribution in [0.4, 0.5) is 0 Å². The van der Waals surface area contributed by atoms with Crippen molar-refractivity contribution >= 4 is 11.8 Å². The molecule has 0 aromatic carbocycles. The summed E-state index contributed by atoms with van der Waals surface area (Å²) in [6, 6.07) is 0. The largest absolute Gasteiger partial charge is 1.00 e. The average Bonchev–Trinajstić information content (AvgIpc) is 2.81. The molecule has 1 nitrogen and oxygen atoms in total. The summed E-state index contributed by atoms with van der Waals surface area (Å²) in [5, 5.41) is 0. The Morgan fingerprint density at radius 1 is 1.26 bits per heavy atom. The number of ether oxygens (including phenoxy) is 1. The van der Waals surface area contributed by atoms with Crippen molar-refractivity contribution < 1.29 is 50.0 Å². The fraction of sp³-hybridized carbons (Fsp3) is 0.556. The minimum atomic E-state index is -0.242. The van der Waals surface area contributed by atoms with E-state index < -0.39 is 0 Å². The molecule has 0 saturated heterocycles. The molecule has 127 valence electrons. The zero-order valence-electron chi connectivity index (χ0n) is 14.3. The molecule has 0 aromatic rings. The standard InChI is InChI=1S/C18H25OS.2ClH.Ti/c1-5-14-19-18(20-15-10-6-7-11-15)13-9-8-12-16(18)17(2,3)4;;;/h6,8-10,12H,5,7,13-14H2,1-4H3;2*1H;/q;;;+2/p-2. The molecule has 1 atom stereocenters. The number of halogens is 2. The van der Waals surface area contributed by atoms with E-state index in [1.54, 1.807) is 0 Å². The van der Waals surface area contributed by atoms with E-state index >= 15 is 0 Å². The average molecular weight is 408 g/mol. The Labute approximate surface area is 169 Å². The number of allylic oxidation sites excluding steroid dienone is 5. The van der Waals surface area contributed by atoms with Crippen molar-refractivity contribution in [1.82, 2.24) is 0 Å². The molecule has 0 aliphatic heterocycles. The van der Waals surface area contributed by atoms with Gasteiger partial charge in [-0.3, -0.25) is 0 Å². The Kier molecular flexibility index (Phi) is 10.1. The van der Waals surface area contributed by atoms with Crippen molar-refractivity contribution in [1.29, 1.82) is 0 Å². The molecule has 0 aromatic heterocycles. The van der Waals surface area contributed by atoms with Gasteiger partial charge in [0.15, 0.2) is 0 Å². The molecule has 0 N–H and O–H groups in total. The van der Waals surface area contributed by atoms with Crippen molar-refractivity contribution in [3.63, 3.8) is 0 Å². The molecular weight excluding hydrogens is 383 g/mol. The van der Waals surface area contributed by atoms with E-state index in [1.165, 1.54) is 14.4 Å². The summed E-state index contributed by atoms with van der Waals surface area (Å²) in [6.45, 7) is 9.85. The Morgan fingerprint density at radius 3 is 2.48 bits per heavy atom. The summed E-state index contributed by atoms with van der Waals surface area (Å²) in [7, 11) is 0. The van der Waals surface area contributed by atoms with Crippen LogP contribution < -0.4 is 24.8 Å². The van der Waals surface area contributed by atoms with Gasteiger partial charge < -0.3 is 24.8 Å². The molecule has 1 unspecified atom stereocenters. The zero-order valence-corrected chi connectivity index (χ0v) is 18.2. The molecule has 0 fully saturated rings. The molecule has 0 heterocycles. The Bertz CT molecular complexity index is 518. The second-order valence-electron chi connectivity index (χ2n) is 6.62. The monoisotopic (exact) mass is 407 g/mol. The van der Waals surface area contributed by atoms with E-state index in [9.17, 15) is 0 Å². The number of hydrogen-bond acceptors (Lipinski definition) is 2. The first-order chi connectivity index (χ1) is 9.89. The van der Waals surface area contributed by atoms with Crippen LogP contribution in [-0.4, -0.2) is 11.5 Å². The first-order valence-corrected chi connectivity index (χ1v) is 9.31. The van der Waals surface area contributed by atoms with Gasteiger partial charge >= 0.3 is 146 Å². The molecule has 23 heavy (non-hydrogen) atoms. The Morgan fingerprint density at radius 2 is 1.96 bits per heavy atom. The topological polar surface area (TPSA) is 9.23 Å². The van der Waals surface area contributed by atoms with Crippen LogP contribution in [0.15, 0.2) is 44.7 Å². The molecule has 0 amide bonds. The van der Waals surface area contributed by atoms with Gasteiger partial charge in [0.05, 0.1) is 0 Å². The van der Waals surface area contributed by atoms with Gasteiger partial charge in [0, 0.05) is 0 Å². The molecule has 2 aliphatic carbocycles. The number of rotatable bonds is 5. The third-order valence-corrected chi connectivity index (χ3v) is 6.17. The quantitative estimate of drug-likeness (QED) is 0.449. The van der Waals surface area contributed by atoms with Crippen LogP contribution in [0.2, 0.25) is 0 Å². The van der Waals surface area contributed by atoms with Crippen LogP contribution in [-0.2, 0) is 25.2 Å². The molecule has 5 heteroatoms. The van der Waals surface area contributed by atoms with E-state index in [-0.39, 0.29) is 35.2 Å². The van der Waals surface area contributed by atoms with Gasteiger partial charge in [0.1, 0.15) is 0 Å². The molecule has 0 radical (unpaired) electrons. The first-order valence-electron chi connectivity index (χ1n) is 7.71. The zero-order chi connectivity index (χ0) is 15.5. The van der Waals surface area contributed by atoms with Crippen molar-refractivity contribution in [3.8, 4) is 0 Å². The summed E-state index contributed by atoms with van der Waals surface area (Å²) in [6.07, 6.45) is 14.3.